The van der Waals surface area contributed by atoms with Crippen molar-refractivity contribution in [3.05, 3.63) is 34.9 Å². The predicted octanol–water partition coefficient (Wildman–Crippen LogP) is 2.91. The molecule has 2 fully saturated rings. The summed E-state index contributed by atoms with van der Waals surface area (Å²) < 4.78 is 10.4. The first-order valence-electron chi connectivity index (χ1n) is 9.98. The van der Waals surface area contributed by atoms with E-state index < -0.39 is 29.9 Å². The van der Waals surface area contributed by atoms with Gasteiger partial charge in [0.05, 0.1) is 0 Å². The largest absolute Gasteiger partial charge is 0.424 e. The van der Waals surface area contributed by atoms with Gasteiger partial charge in [-0.3, -0.25) is 14.5 Å². The summed E-state index contributed by atoms with van der Waals surface area (Å²) >= 11 is 6.39. The fourth-order valence-corrected chi connectivity index (χ4v) is 4.36. The highest BCUT2D eigenvalue weighted by molar-refractivity contribution is 6.31. The van der Waals surface area contributed by atoms with E-state index in [1.807, 2.05) is 0 Å². The van der Waals surface area contributed by atoms with Crippen LogP contribution in [0, 0.1) is 0 Å². The molecule has 2 amide bonds. The Hall–Kier alpha value is -2.61. The molecule has 30 heavy (non-hydrogen) atoms. The molecule has 8 nitrogen and oxygen atoms in total. The molecule has 162 valence electrons. The molecule has 0 aromatic heterocycles. The van der Waals surface area contributed by atoms with E-state index in [1.54, 1.807) is 24.3 Å². The standard InChI is InChI=1S/C21H25ClN2O6/c1-13(29-19(27)16-10-11-18(26)23-16)30-20(28)24(2)21(12-6-5-9-17(21)25)14-7-3-4-8-15(14)22/h3-4,7-8,13,16H,5-6,9-12H2,1-2H3,(H,23,26)/t13?,16-,21-/m0/s1. The maximum Gasteiger partial charge on any atom is 0.413 e. The molecule has 0 spiro atoms. The zero-order valence-corrected chi connectivity index (χ0v) is 17.7. The molecule has 0 radical (unpaired) electrons. The molecule has 1 aliphatic carbocycles. The number of halogens is 1. The lowest BCUT2D eigenvalue weighted by atomic mass is 9.74. The third-order valence-electron chi connectivity index (χ3n) is 5.65. The molecule has 3 rings (SSSR count). The summed E-state index contributed by atoms with van der Waals surface area (Å²) in [7, 11) is 1.49. The number of carbonyl (C=O) groups is 4. The van der Waals surface area contributed by atoms with Gasteiger partial charge in [0.25, 0.3) is 0 Å². The lowest BCUT2D eigenvalue weighted by molar-refractivity contribution is -0.170. The second kappa shape index (κ2) is 9.04. The normalized spacial score (nSPS) is 24.7. The summed E-state index contributed by atoms with van der Waals surface area (Å²) in [5.74, 6) is -1.00. The molecule has 1 N–H and O–H groups in total. The van der Waals surface area contributed by atoms with Crippen LogP contribution < -0.4 is 5.32 Å². The number of hydrogen-bond acceptors (Lipinski definition) is 6. The van der Waals surface area contributed by atoms with Crippen LogP contribution in [0.2, 0.25) is 5.02 Å². The van der Waals surface area contributed by atoms with Crippen LogP contribution in [0.4, 0.5) is 4.79 Å². The molecule has 1 saturated heterocycles. The number of ketones is 1. The van der Waals surface area contributed by atoms with Crippen molar-refractivity contribution < 1.29 is 28.7 Å². The molecular weight excluding hydrogens is 412 g/mol. The Kier molecular flexibility index (Phi) is 6.65. The number of hydrogen-bond donors (Lipinski definition) is 1. The molecule has 1 saturated carbocycles. The van der Waals surface area contributed by atoms with Gasteiger partial charge < -0.3 is 14.8 Å². The Morgan fingerprint density at radius 3 is 2.57 bits per heavy atom. The maximum atomic E-state index is 13.0. The third-order valence-corrected chi connectivity index (χ3v) is 5.98. The van der Waals surface area contributed by atoms with Crippen LogP contribution in [0.1, 0.15) is 51.0 Å². The Balaban J connectivity index is 1.74. The Morgan fingerprint density at radius 2 is 1.93 bits per heavy atom. The first-order chi connectivity index (χ1) is 14.3. The van der Waals surface area contributed by atoms with Crippen molar-refractivity contribution in [2.75, 3.05) is 7.05 Å². The summed E-state index contributed by atoms with van der Waals surface area (Å²) in [4.78, 5) is 50.6. The van der Waals surface area contributed by atoms with Crippen LogP contribution >= 0.6 is 11.6 Å². The molecule has 1 heterocycles. The van der Waals surface area contributed by atoms with Crippen molar-refractivity contribution in [2.45, 2.75) is 63.3 Å². The Morgan fingerprint density at radius 1 is 1.20 bits per heavy atom. The van der Waals surface area contributed by atoms with Gasteiger partial charge in [-0.05, 0) is 31.7 Å². The van der Waals surface area contributed by atoms with Gasteiger partial charge in [-0.2, -0.15) is 0 Å². The van der Waals surface area contributed by atoms with E-state index in [2.05, 4.69) is 5.32 Å². The van der Waals surface area contributed by atoms with E-state index in [4.69, 9.17) is 21.1 Å². The molecule has 1 aromatic carbocycles. The minimum absolute atomic E-state index is 0.111. The van der Waals surface area contributed by atoms with Gasteiger partial charge in [-0.25, -0.2) is 9.59 Å². The SMILES string of the molecule is CC(OC(=O)[C@@H]1CCC(=O)N1)OC(=O)N(C)[C@]1(c2ccccc2Cl)CCCCC1=O. The van der Waals surface area contributed by atoms with Crippen LogP contribution in [-0.2, 0) is 29.4 Å². The van der Waals surface area contributed by atoms with Gasteiger partial charge in [-0.15, -0.1) is 0 Å². The smallest absolute Gasteiger partial charge is 0.413 e. The second-order valence-electron chi connectivity index (χ2n) is 7.58. The minimum Gasteiger partial charge on any atom is -0.424 e. The number of nitrogens with zero attached hydrogens (tertiary/aromatic N) is 1. The quantitative estimate of drug-likeness (QED) is 0.562. The fourth-order valence-electron chi connectivity index (χ4n) is 4.07. The number of ether oxygens (including phenoxy) is 2. The molecule has 3 atom stereocenters. The van der Waals surface area contributed by atoms with Gasteiger partial charge in [0.2, 0.25) is 12.2 Å². The van der Waals surface area contributed by atoms with Gasteiger partial charge in [-0.1, -0.05) is 29.8 Å². The monoisotopic (exact) mass is 436 g/mol. The zero-order chi connectivity index (χ0) is 21.9. The molecule has 1 aromatic rings. The highest BCUT2D eigenvalue weighted by Crippen LogP contribution is 2.42. The minimum atomic E-state index is -1.24. The summed E-state index contributed by atoms with van der Waals surface area (Å²) in [6, 6.07) is 6.20. The topological polar surface area (TPSA) is 102 Å². The van der Waals surface area contributed by atoms with Crippen molar-refractivity contribution in [3.8, 4) is 0 Å². The Labute approximate surface area is 179 Å². The van der Waals surface area contributed by atoms with E-state index in [0.717, 1.165) is 12.8 Å². The predicted molar refractivity (Wildman–Crippen MR) is 108 cm³/mol. The van der Waals surface area contributed by atoms with Crippen molar-refractivity contribution in [1.82, 2.24) is 10.2 Å². The molecular formula is C21H25ClN2O6. The van der Waals surface area contributed by atoms with E-state index >= 15 is 0 Å². The number of likely N-dealkylation sites (N-methyl/N-ethyl adjacent to an activating group) is 1. The van der Waals surface area contributed by atoms with Gasteiger partial charge >= 0.3 is 12.1 Å². The van der Waals surface area contributed by atoms with Crippen molar-refractivity contribution in [1.29, 1.82) is 0 Å². The number of esters is 1. The molecule has 2 aliphatic rings. The first-order valence-corrected chi connectivity index (χ1v) is 10.4. The van der Waals surface area contributed by atoms with Gasteiger partial charge in [0.15, 0.2) is 5.78 Å². The van der Waals surface area contributed by atoms with E-state index in [1.165, 1.54) is 18.9 Å². The van der Waals surface area contributed by atoms with Gasteiger partial charge in [0, 0.05) is 37.4 Å². The summed E-state index contributed by atoms with van der Waals surface area (Å²) in [6.45, 7) is 1.41. The molecule has 1 unspecified atom stereocenters. The summed E-state index contributed by atoms with van der Waals surface area (Å²) in [6.07, 6.45) is 0.836. The zero-order valence-electron chi connectivity index (χ0n) is 17.0. The molecule has 9 heteroatoms. The number of benzene rings is 1. The van der Waals surface area contributed by atoms with E-state index in [-0.39, 0.29) is 18.1 Å². The van der Waals surface area contributed by atoms with E-state index in [0.29, 0.717) is 29.8 Å². The van der Waals surface area contributed by atoms with Crippen LogP contribution in [-0.4, -0.2) is 48.0 Å². The number of nitrogens with one attached hydrogen (secondary N) is 1. The average Bonchev–Trinajstić information content (AvgIpc) is 3.15. The first kappa shape index (κ1) is 22.1. The number of amides is 2. The second-order valence-corrected chi connectivity index (χ2v) is 7.98. The van der Waals surface area contributed by atoms with Crippen molar-refractivity contribution in [2.24, 2.45) is 0 Å². The van der Waals surface area contributed by atoms with E-state index in [9.17, 15) is 19.2 Å². The molecule has 0 bridgehead atoms. The average molecular weight is 437 g/mol. The van der Waals surface area contributed by atoms with Crippen molar-refractivity contribution >= 4 is 35.4 Å². The van der Waals surface area contributed by atoms with Crippen LogP contribution in [0.15, 0.2) is 24.3 Å². The van der Waals surface area contributed by atoms with Crippen LogP contribution in [0.3, 0.4) is 0 Å². The summed E-state index contributed by atoms with van der Waals surface area (Å²) in [5, 5.41) is 2.90. The summed E-state index contributed by atoms with van der Waals surface area (Å²) in [5.41, 5.74) is -0.689. The fraction of sp³-hybridized carbons (Fsp3) is 0.524. The van der Waals surface area contributed by atoms with Crippen LogP contribution in [0.5, 0.6) is 0 Å². The number of carbonyl (C=O) groups excluding carboxylic acids is 4. The Bertz CT molecular complexity index is 860. The number of rotatable bonds is 5. The van der Waals surface area contributed by atoms with Crippen LogP contribution in [0.25, 0.3) is 0 Å². The molecule has 1 aliphatic heterocycles. The van der Waals surface area contributed by atoms with Crippen molar-refractivity contribution in [3.63, 3.8) is 0 Å². The highest BCUT2D eigenvalue weighted by Gasteiger charge is 2.49. The highest BCUT2D eigenvalue weighted by atomic mass is 35.5. The number of Topliss-reactive ketones (excluding diaryl/α,β-unsaturated/α-hetero) is 1. The maximum absolute atomic E-state index is 13.0. The van der Waals surface area contributed by atoms with Gasteiger partial charge in [0.1, 0.15) is 11.6 Å². The lowest BCUT2D eigenvalue weighted by Gasteiger charge is -2.43. The third kappa shape index (κ3) is 4.28. The lowest BCUT2D eigenvalue weighted by Crippen LogP contribution is -2.55.